The molecule has 0 amide bonds. The lowest BCUT2D eigenvalue weighted by atomic mass is 10.7. The second-order valence-electron chi connectivity index (χ2n) is 3.81. The quantitative estimate of drug-likeness (QED) is 0.686. The molecule has 0 radical (unpaired) electrons. The average Bonchev–Trinajstić information content (AvgIpc) is 3.04. The van der Waals surface area contributed by atoms with Gasteiger partial charge in [-0.2, -0.15) is 24.7 Å². The largest absolute Gasteiger partial charge is 0.368 e. The van der Waals surface area contributed by atoms with Crippen LogP contribution in [0.1, 0.15) is 5.82 Å². The summed E-state index contributed by atoms with van der Waals surface area (Å²) in [6.07, 6.45) is 2.87. The summed E-state index contributed by atoms with van der Waals surface area (Å²) in [5.41, 5.74) is 5.68. The number of hydrogen-bond donors (Lipinski definition) is 1. The van der Waals surface area contributed by atoms with E-state index in [0.29, 0.717) is 16.3 Å². The first-order chi connectivity index (χ1) is 9.63. The predicted octanol–water partition coefficient (Wildman–Crippen LogP) is -0.377. The van der Waals surface area contributed by atoms with Crippen LogP contribution in [0, 0.1) is 6.92 Å². The molecule has 3 heterocycles. The Morgan fingerprint density at radius 1 is 1.20 bits per heavy atom. The van der Waals surface area contributed by atoms with E-state index in [9.17, 15) is 0 Å². The number of anilines is 1. The Morgan fingerprint density at radius 3 is 2.70 bits per heavy atom. The molecule has 10 nitrogen and oxygen atoms in total. The van der Waals surface area contributed by atoms with Gasteiger partial charge in [0.15, 0.2) is 5.16 Å². The fourth-order valence-electron chi connectivity index (χ4n) is 1.38. The minimum atomic E-state index is 0.104. The Bertz CT molecular complexity index is 733. The van der Waals surface area contributed by atoms with Crippen LogP contribution < -0.4 is 5.73 Å². The molecule has 3 aromatic rings. The minimum absolute atomic E-state index is 0.104. The van der Waals surface area contributed by atoms with E-state index in [0.717, 1.165) is 5.82 Å². The van der Waals surface area contributed by atoms with Gasteiger partial charge in [0.2, 0.25) is 11.1 Å². The van der Waals surface area contributed by atoms with Crippen molar-refractivity contribution in [1.82, 2.24) is 44.5 Å². The van der Waals surface area contributed by atoms with Crippen molar-refractivity contribution < 1.29 is 0 Å². The Labute approximate surface area is 117 Å². The third-order valence-electron chi connectivity index (χ3n) is 2.48. The van der Waals surface area contributed by atoms with Crippen LogP contribution in [0.25, 0.3) is 5.95 Å². The summed E-state index contributed by atoms with van der Waals surface area (Å²) in [4.78, 5) is 16.2. The number of nitrogens with zero attached hydrogens (tertiary/aromatic N) is 9. The second-order valence-corrected chi connectivity index (χ2v) is 4.74. The van der Waals surface area contributed by atoms with Gasteiger partial charge in [-0.05, 0) is 18.7 Å². The van der Waals surface area contributed by atoms with Gasteiger partial charge in [-0.3, -0.25) is 0 Å². The fourth-order valence-corrected chi connectivity index (χ4v) is 2.16. The number of aromatic nitrogens is 9. The minimum Gasteiger partial charge on any atom is -0.368 e. The fraction of sp³-hybridized carbons (Fsp3) is 0.222. The van der Waals surface area contributed by atoms with Crippen molar-refractivity contribution >= 4 is 17.7 Å². The van der Waals surface area contributed by atoms with Gasteiger partial charge in [-0.15, -0.1) is 10.2 Å². The topological polar surface area (TPSA) is 126 Å². The summed E-state index contributed by atoms with van der Waals surface area (Å²) in [6, 6.07) is 0. The molecule has 0 fully saturated rings. The van der Waals surface area contributed by atoms with Crippen LogP contribution in [0.15, 0.2) is 23.0 Å². The highest BCUT2D eigenvalue weighted by atomic mass is 32.2. The third-order valence-corrected chi connectivity index (χ3v) is 3.38. The zero-order valence-electron chi connectivity index (χ0n) is 10.7. The van der Waals surface area contributed by atoms with Crippen molar-refractivity contribution in [3.63, 3.8) is 0 Å². The standard InChI is InChI=1S/C9H10N10S/c1-5-16-17-9(18(5)2)20-8-14-6(10)13-7(15-8)19-4-11-3-12-19/h3-4H,1-2H3,(H2,10,13,14,15). The number of nitrogen functional groups attached to an aromatic ring is 1. The maximum absolute atomic E-state index is 5.68. The summed E-state index contributed by atoms with van der Waals surface area (Å²) in [6.45, 7) is 1.86. The number of hydrogen-bond acceptors (Lipinski definition) is 9. The average molecular weight is 290 g/mol. The van der Waals surface area contributed by atoms with Crippen LogP contribution >= 0.6 is 11.8 Å². The summed E-state index contributed by atoms with van der Waals surface area (Å²) >= 11 is 1.25. The molecule has 2 N–H and O–H groups in total. The summed E-state index contributed by atoms with van der Waals surface area (Å²) in [7, 11) is 1.86. The van der Waals surface area contributed by atoms with Crippen molar-refractivity contribution in [3.8, 4) is 5.95 Å². The van der Waals surface area contributed by atoms with Gasteiger partial charge in [0.1, 0.15) is 18.5 Å². The molecule has 3 aromatic heterocycles. The second kappa shape index (κ2) is 4.85. The van der Waals surface area contributed by atoms with E-state index in [4.69, 9.17) is 5.73 Å². The predicted molar refractivity (Wildman–Crippen MR) is 69.0 cm³/mol. The molecule has 0 saturated heterocycles. The molecule has 0 aliphatic rings. The Balaban J connectivity index is 1.96. The highest BCUT2D eigenvalue weighted by Crippen LogP contribution is 2.23. The summed E-state index contributed by atoms with van der Waals surface area (Å²) in [5, 5.41) is 13.0. The van der Waals surface area contributed by atoms with Gasteiger partial charge in [-0.25, -0.2) is 4.98 Å². The maximum Gasteiger partial charge on any atom is 0.257 e. The Kier molecular flexibility index (Phi) is 3.02. The molecule has 0 aliphatic heterocycles. The SMILES string of the molecule is Cc1nnc(Sc2nc(N)nc(-n3cncn3)n2)n1C. The van der Waals surface area contributed by atoms with Crippen LogP contribution in [0.4, 0.5) is 5.95 Å². The highest BCUT2D eigenvalue weighted by molar-refractivity contribution is 7.99. The normalized spacial score (nSPS) is 10.9. The first kappa shape index (κ1) is 12.5. The smallest absolute Gasteiger partial charge is 0.257 e. The Morgan fingerprint density at radius 2 is 2.05 bits per heavy atom. The zero-order valence-corrected chi connectivity index (χ0v) is 11.5. The molecule has 0 unspecified atom stereocenters. The third kappa shape index (κ3) is 2.30. The lowest BCUT2D eigenvalue weighted by Gasteiger charge is -2.03. The van der Waals surface area contributed by atoms with Crippen molar-refractivity contribution in [3.05, 3.63) is 18.5 Å². The van der Waals surface area contributed by atoms with E-state index in [-0.39, 0.29) is 5.95 Å². The molecular formula is C9H10N10S. The molecule has 11 heteroatoms. The summed E-state index contributed by atoms with van der Waals surface area (Å²) < 4.78 is 3.24. The van der Waals surface area contributed by atoms with Crippen molar-refractivity contribution in [2.75, 3.05) is 5.73 Å². The molecule has 0 bridgehead atoms. The lowest BCUT2D eigenvalue weighted by molar-refractivity contribution is 0.747. The monoisotopic (exact) mass is 290 g/mol. The van der Waals surface area contributed by atoms with Crippen molar-refractivity contribution in [2.24, 2.45) is 7.05 Å². The molecule has 0 aromatic carbocycles. The van der Waals surface area contributed by atoms with E-state index >= 15 is 0 Å². The number of nitrogens with two attached hydrogens (primary N) is 1. The molecule has 20 heavy (non-hydrogen) atoms. The van der Waals surface area contributed by atoms with Crippen LogP contribution in [-0.2, 0) is 7.05 Å². The van der Waals surface area contributed by atoms with E-state index < -0.39 is 0 Å². The molecule has 102 valence electrons. The van der Waals surface area contributed by atoms with Gasteiger partial charge in [0.05, 0.1) is 0 Å². The van der Waals surface area contributed by atoms with Gasteiger partial charge < -0.3 is 10.3 Å². The van der Waals surface area contributed by atoms with Crippen LogP contribution in [0.2, 0.25) is 0 Å². The van der Waals surface area contributed by atoms with Gasteiger partial charge in [-0.1, -0.05) is 0 Å². The molecule has 0 aliphatic carbocycles. The molecule has 0 atom stereocenters. The summed E-state index contributed by atoms with van der Waals surface area (Å²) in [5.74, 6) is 1.20. The van der Waals surface area contributed by atoms with Gasteiger partial charge in [0.25, 0.3) is 5.95 Å². The van der Waals surface area contributed by atoms with Crippen LogP contribution in [-0.4, -0.2) is 44.5 Å². The molecule has 3 rings (SSSR count). The van der Waals surface area contributed by atoms with Crippen LogP contribution in [0.3, 0.4) is 0 Å². The van der Waals surface area contributed by atoms with Crippen molar-refractivity contribution in [1.29, 1.82) is 0 Å². The van der Waals surface area contributed by atoms with E-state index in [1.54, 1.807) is 0 Å². The van der Waals surface area contributed by atoms with E-state index in [1.807, 2.05) is 18.5 Å². The molecular weight excluding hydrogens is 280 g/mol. The van der Waals surface area contributed by atoms with Crippen molar-refractivity contribution in [2.45, 2.75) is 17.2 Å². The van der Waals surface area contributed by atoms with Gasteiger partial charge in [0, 0.05) is 7.05 Å². The maximum atomic E-state index is 5.68. The number of aryl methyl sites for hydroxylation is 1. The van der Waals surface area contributed by atoms with Crippen LogP contribution in [0.5, 0.6) is 0 Å². The Hall–Kier alpha value is -2.56. The number of rotatable bonds is 3. The lowest BCUT2D eigenvalue weighted by Crippen LogP contribution is -2.08. The van der Waals surface area contributed by atoms with E-state index in [2.05, 4.69) is 35.2 Å². The first-order valence-electron chi connectivity index (χ1n) is 5.54. The molecule has 0 spiro atoms. The molecule has 0 saturated carbocycles. The highest BCUT2D eigenvalue weighted by Gasteiger charge is 2.12. The zero-order chi connectivity index (χ0) is 14.1. The van der Waals surface area contributed by atoms with Gasteiger partial charge >= 0.3 is 0 Å². The first-order valence-corrected chi connectivity index (χ1v) is 6.35. The van der Waals surface area contributed by atoms with E-state index in [1.165, 1.54) is 29.1 Å².